The first-order valence-corrected chi connectivity index (χ1v) is 8.63. The molecule has 0 bridgehead atoms. The maximum Gasteiger partial charge on any atom is 0.341 e. The smallest absolute Gasteiger partial charge is 0.341 e. The summed E-state index contributed by atoms with van der Waals surface area (Å²) in [5.74, 6) is -1.08. The summed E-state index contributed by atoms with van der Waals surface area (Å²) in [6.07, 6.45) is 2.14. The largest absolute Gasteiger partial charge is 0.449 e. The second-order valence-corrected chi connectivity index (χ2v) is 6.99. The Hall–Kier alpha value is -1.62. The van der Waals surface area contributed by atoms with E-state index >= 15 is 0 Å². The van der Waals surface area contributed by atoms with Crippen LogP contribution in [-0.4, -0.2) is 24.0 Å². The van der Waals surface area contributed by atoms with Crippen LogP contribution in [0.4, 0.5) is 4.39 Å². The molecule has 0 heterocycles. The lowest BCUT2D eigenvalue weighted by Crippen LogP contribution is -2.47. The second kappa shape index (κ2) is 7.97. The van der Waals surface area contributed by atoms with E-state index in [9.17, 15) is 14.0 Å². The van der Waals surface area contributed by atoms with Crippen molar-refractivity contribution in [3.8, 4) is 0 Å². The highest BCUT2D eigenvalue weighted by molar-refractivity contribution is 6.30. The van der Waals surface area contributed by atoms with Crippen LogP contribution in [0.1, 0.15) is 50.4 Å². The van der Waals surface area contributed by atoms with Crippen molar-refractivity contribution < 1.29 is 18.7 Å². The SMILES string of the molecule is C[C@H]1[C@@H](C)CCC[C@H]1NC(=O)[C@H](C)OC(=O)c1cc(Cl)ccc1F. The lowest BCUT2D eigenvalue weighted by atomic mass is 9.78. The monoisotopic (exact) mass is 355 g/mol. The third-order valence-electron chi connectivity index (χ3n) is 4.84. The molecule has 0 aliphatic heterocycles. The van der Waals surface area contributed by atoms with Crippen LogP contribution in [0.15, 0.2) is 18.2 Å². The minimum atomic E-state index is -1.000. The minimum Gasteiger partial charge on any atom is -0.449 e. The van der Waals surface area contributed by atoms with Gasteiger partial charge in [0.25, 0.3) is 5.91 Å². The van der Waals surface area contributed by atoms with Crippen LogP contribution in [0.5, 0.6) is 0 Å². The topological polar surface area (TPSA) is 55.4 Å². The van der Waals surface area contributed by atoms with Crippen molar-refractivity contribution >= 4 is 23.5 Å². The number of benzene rings is 1. The van der Waals surface area contributed by atoms with Crippen LogP contribution >= 0.6 is 11.6 Å². The van der Waals surface area contributed by atoms with Crippen LogP contribution in [0, 0.1) is 17.7 Å². The molecule has 4 atom stereocenters. The first-order valence-electron chi connectivity index (χ1n) is 8.26. The van der Waals surface area contributed by atoms with E-state index < -0.39 is 17.9 Å². The molecule has 2 rings (SSSR count). The Morgan fingerprint density at radius 2 is 2.04 bits per heavy atom. The van der Waals surface area contributed by atoms with E-state index in [-0.39, 0.29) is 22.5 Å². The number of rotatable bonds is 4. The predicted octanol–water partition coefficient (Wildman–Crippen LogP) is 3.97. The van der Waals surface area contributed by atoms with Crippen LogP contribution in [-0.2, 0) is 9.53 Å². The Kier molecular flexibility index (Phi) is 6.21. The molecule has 1 saturated carbocycles. The molecule has 0 saturated heterocycles. The highest BCUT2D eigenvalue weighted by Gasteiger charge is 2.30. The van der Waals surface area contributed by atoms with Gasteiger partial charge in [-0.15, -0.1) is 0 Å². The Bertz CT molecular complexity index is 622. The molecule has 0 radical (unpaired) electrons. The molecule has 1 aromatic rings. The summed E-state index contributed by atoms with van der Waals surface area (Å²) >= 11 is 5.76. The van der Waals surface area contributed by atoms with Gasteiger partial charge in [0, 0.05) is 11.1 Å². The molecular formula is C18H23ClFNO3. The average molecular weight is 356 g/mol. The molecular weight excluding hydrogens is 333 g/mol. The Balaban J connectivity index is 1.96. The van der Waals surface area contributed by atoms with Crippen molar-refractivity contribution in [3.63, 3.8) is 0 Å². The van der Waals surface area contributed by atoms with Gasteiger partial charge in [-0.25, -0.2) is 9.18 Å². The Morgan fingerprint density at radius 1 is 1.33 bits per heavy atom. The molecule has 4 nitrogen and oxygen atoms in total. The molecule has 1 fully saturated rings. The number of nitrogens with one attached hydrogen (secondary N) is 1. The fraction of sp³-hybridized carbons (Fsp3) is 0.556. The predicted molar refractivity (Wildman–Crippen MR) is 90.4 cm³/mol. The van der Waals surface area contributed by atoms with Crippen LogP contribution < -0.4 is 5.32 Å². The standard InChI is InChI=1S/C18H23ClFNO3/c1-10-5-4-6-16(11(10)2)21-17(22)12(3)24-18(23)14-9-13(19)7-8-15(14)20/h7-12,16H,4-6H2,1-3H3,(H,21,22)/t10-,11-,12-,16+/m0/s1. The number of carbonyl (C=O) groups is 2. The summed E-state index contributed by atoms with van der Waals surface area (Å²) in [6, 6.07) is 3.70. The van der Waals surface area contributed by atoms with Crippen molar-refractivity contribution in [1.29, 1.82) is 0 Å². The zero-order valence-electron chi connectivity index (χ0n) is 14.1. The number of carbonyl (C=O) groups excluding carboxylic acids is 2. The Morgan fingerprint density at radius 3 is 2.75 bits per heavy atom. The molecule has 1 aromatic carbocycles. The number of hydrogen-bond acceptors (Lipinski definition) is 3. The highest BCUT2D eigenvalue weighted by Crippen LogP contribution is 2.29. The summed E-state index contributed by atoms with van der Waals surface area (Å²) in [6.45, 7) is 5.77. The average Bonchev–Trinajstić information content (AvgIpc) is 2.53. The van der Waals surface area contributed by atoms with E-state index in [4.69, 9.17) is 16.3 Å². The summed E-state index contributed by atoms with van der Waals surface area (Å²) in [5.41, 5.74) is -0.276. The van der Waals surface area contributed by atoms with Gasteiger partial charge >= 0.3 is 5.97 Å². The number of amides is 1. The maximum atomic E-state index is 13.7. The number of ether oxygens (including phenoxy) is 1. The summed E-state index contributed by atoms with van der Waals surface area (Å²) in [4.78, 5) is 24.3. The normalized spacial score (nSPS) is 25.0. The van der Waals surface area contributed by atoms with Crippen molar-refractivity contribution in [2.45, 2.75) is 52.2 Å². The molecule has 1 aliphatic rings. The second-order valence-electron chi connectivity index (χ2n) is 6.55. The van der Waals surface area contributed by atoms with Gasteiger partial charge in [0.05, 0.1) is 5.56 Å². The van der Waals surface area contributed by atoms with Crippen molar-refractivity contribution in [3.05, 3.63) is 34.6 Å². The quantitative estimate of drug-likeness (QED) is 0.831. The minimum absolute atomic E-state index is 0.0744. The zero-order chi connectivity index (χ0) is 17.9. The van der Waals surface area contributed by atoms with Gasteiger partial charge in [0.15, 0.2) is 6.10 Å². The first kappa shape index (κ1) is 18.7. The van der Waals surface area contributed by atoms with E-state index in [1.54, 1.807) is 0 Å². The van der Waals surface area contributed by atoms with E-state index in [1.165, 1.54) is 19.1 Å². The van der Waals surface area contributed by atoms with E-state index in [2.05, 4.69) is 19.2 Å². The molecule has 1 aliphatic carbocycles. The molecule has 132 valence electrons. The third-order valence-corrected chi connectivity index (χ3v) is 5.07. The van der Waals surface area contributed by atoms with Gasteiger partial charge in [-0.2, -0.15) is 0 Å². The van der Waals surface area contributed by atoms with Crippen LogP contribution in [0.2, 0.25) is 5.02 Å². The van der Waals surface area contributed by atoms with E-state index in [0.717, 1.165) is 25.3 Å². The summed E-state index contributed by atoms with van der Waals surface area (Å²) in [7, 11) is 0. The van der Waals surface area contributed by atoms with E-state index in [0.29, 0.717) is 11.8 Å². The van der Waals surface area contributed by atoms with Gasteiger partial charge in [-0.3, -0.25) is 4.79 Å². The Labute approximate surface area is 146 Å². The lowest BCUT2D eigenvalue weighted by Gasteiger charge is -2.35. The third kappa shape index (κ3) is 4.47. The van der Waals surface area contributed by atoms with Crippen LogP contribution in [0.3, 0.4) is 0 Å². The summed E-state index contributed by atoms with van der Waals surface area (Å²) in [5, 5.41) is 3.17. The molecule has 6 heteroatoms. The first-order chi connectivity index (χ1) is 11.3. The molecule has 1 amide bonds. The number of hydrogen-bond donors (Lipinski definition) is 1. The lowest BCUT2D eigenvalue weighted by molar-refractivity contribution is -0.130. The molecule has 1 N–H and O–H groups in total. The molecule has 0 unspecified atom stereocenters. The number of esters is 1. The zero-order valence-corrected chi connectivity index (χ0v) is 14.9. The van der Waals surface area contributed by atoms with Gasteiger partial charge < -0.3 is 10.1 Å². The fourth-order valence-electron chi connectivity index (χ4n) is 3.02. The van der Waals surface area contributed by atoms with Crippen molar-refractivity contribution in [2.24, 2.45) is 11.8 Å². The number of halogens is 2. The summed E-state index contributed by atoms with van der Waals surface area (Å²) < 4.78 is 18.8. The maximum absolute atomic E-state index is 13.7. The van der Waals surface area contributed by atoms with Crippen molar-refractivity contribution in [2.75, 3.05) is 0 Å². The van der Waals surface area contributed by atoms with Gasteiger partial charge in [-0.1, -0.05) is 38.3 Å². The van der Waals surface area contributed by atoms with Gasteiger partial charge in [0.1, 0.15) is 5.82 Å². The van der Waals surface area contributed by atoms with Gasteiger partial charge in [-0.05, 0) is 43.4 Å². The van der Waals surface area contributed by atoms with Crippen molar-refractivity contribution in [1.82, 2.24) is 5.32 Å². The molecule has 0 spiro atoms. The van der Waals surface area contributed by atoms with E-state index in [1.807, 2.05) is 0 Å². The molecule has 24 heavy (non-hydrogen) atoms. The molecule has 0 aromatic heterocycles. The fourth-order valence-corrected chi connectivity index (χ4v) is 3.19. The highest BCUT2D eigenvalue weighted by atomic mass is 35.5. The van der Waals surface area contributed by atoms with Crippen LogP contribution in [0.25, 0.3) is 0 Å². The van der Waals surface area contributed by atoms with Gasteiger partial charge in [0.2, 0.25) is 0 Å².